The monoisotopic (exact) mass is 590 g/mol. The second-order valence-corrected chi connectivity index (χ2v) is 13.2. The number of ether oxygens (including phenoxy) is 1. The lowest BCUT2D eigenvalue weighted by atomic mass is 9.88. The largest absolute Gasteiger partial charge is 0.496 e. The van der Waals surface area contributed by atoms with E-state index in [9.17, 15) is 18.3 Å². The predicted molar refractivity (Wildman–Crippen MR) is 165 cm³/mol. The van der Waals surface area contributed by atoms with E-state index in [0.29, 0.717) is 29.7 Å². The van der Waals surface area contributed by atoms with Gasteiger partial charge < -0.3 is 26.2 Å². The smallest absolute Gasteiger partial charge is 0.320 e. The molecule has 0 amide bonds. The molecule has 0 aromatic heterocycles. The summed E-state index contributed by atoms with van der Waals surface area (Å²) in [6, 6.07) is 12.4. The molecule has 0 saturated carbocycles. The lowest BCUT2D eigenvalue weighted by molar-refractivity contribution is -0.139. The van der Waals surface area contributed by atoms with Gasteiger partial charge in [0.2, 0.25) is 0 Å². The molecule has 10 heteroatoms. The van der Waals surface area contributed by atoms with Crippen LogP contribution in [0.15, 0.2) is 47.4 Å². The molecule has 3 atom stereocenters. The van der Waals surface area contributed by atoms with Gasteiger partial charge in [0.1, 0.15) is 11.8 Å². The number of carboxylic acids is 1. The summed E-state index contributed by atoms with van der Waals surface area (Å²) in [5, 5.41) is 16.7. The molecule has 6 N–H and O–H groups in total. The molecule has 0 fully saturated rings. The fourth-order valence-corrected chi connectivity index (χ4v) is 7.75. The summed E-state index contributed by atoms with van der Waals surface area (Å²) in [7, 11) is 1.90. The third kappa shape index (κ3) is 8.99. The van der Waals surface area contributed by atoms with Gasteiger partial charge in [0.25, 0.3) is 0 Å². The molecule has 1 aliphatic heterocycles. The fraction of sp³-hybridized carbons (Fsp3) is 0.581. The minimum atomic E-state index is -3.66. The van der Waals surface area contributed by atoms with Gasteiger partial charge in [-0.25, -0.2) is 8.42 Å². The summed E-state index contributed by atoms with van der Waals surface area (Å²) >= 11 is 0. The number of unbranched alkanes of at least 4 members (excludes halogenated alkanes) is 2. The number of methoxy groups -OCH3 is 1. The van der Waals surface area contributed by atoms with Gasteiger partial charge in [0.05, 0.1) is 23.8 Å². The van der Waals surface area contributed by atoms with Gasteiger partial charge in [-0.3, -0.25) is 10.1 Å². The van der Waals surface area contributed by atoms with Crippen molar-refractivity contribution in [1.29, 1.82) is 0 Å². The van der Waals surface area contributed by atoms with Crippen molar-refractivity contribution < 1.29 is 23.1 Å². The molecule has 230 valence electrons. The SMILES string of the molecule is CCCC[C@]1(CC)CS(=O)(=O)c2cc(CN[C@@H](CCCCN(C)C)C(=O)O)c(OC)cc2[C@@H](c2ccccc2)N1.N. The van der Waals surface area contributed by atoms with Gasteiger partial charge in [-0.1, -0.05) is 63.4 Å². The van der Waals surface area contributed by atoms with E-state index >= 15 is 0 Å². The van der Waals surface area contributed by atoms with Gasteiger partial charge >= 0.3 is 5.97 Å². The van der Waals surface area contributed by atoms with Crippen LogP contribution in [0.25, 0.3) is 0 Å². The molecule has 1 heterocycles. The third-order valence-electron chi connectivity index (χ3n) is 7.98. The topological polar surface area (TPSA) is 143 Å². The molecule has 1 aliphatic rings. The molecule has 9 nitrogen and oxygen atoms in total. The molecule has 0 radical (unpaired) electrons. The van der Waals surface area contributed by atoms with Crippen LogP contribution >= 0.6 is 0 Å². The predicted octanol–water partition coefficient (Wildman–Crippen LogP) is 4.94. The Morgan fingerprint density at radius 3 is 2.46 bits per heavy atom. The molecular weight excluding hydrogens is 540 g/mol. The molecule has 0 aliphatic carbocycles. The van der Waals surface area contributed by atoms with E-state index in [2.05, 4.69) is 29.4 Å². The van der Waals surface area contributed by atoms with Gasteiger partial charge in [0, 0.05) is 17.6 Å². The van der Waals surface area contributed by atoms with Crippen LogP contribution in [-0.2, 0) is 21.2 Å². The highest BCUT2D eigenvalue weighted by molar-refractivity contribution is 7.91. The first kappa shape index (κ1) is 34.7. The maximum absolute atomic E-state index is 14.0. The summed E-state index contributed by atoms with van der Waals surface area (Å²) in [5.74, 6) is -0.364. The van der Waals surface area contributed by atoms with Crippen LogP contribution in [0, 0.1) is 0 Å². The number of rotatable bonds is 15. The van der Waals surface area contributed by atoms with E-state index in [1.807, 2.05) is 50.5 Å². The number of carboxylic acid groups (broad SMARTS) is 1. The van der Waals surface area contributed by atoms with Crippen molar-refractivity contribution in [3.8, 4) is 5.75 Å². The zero-order valence-electron chi connectivity index (χ0n) is 25.4. The summed E-state index contributed by atoms with van der Waals surface area (Å²) in [4.78, 5) is 14.3. The van der Waals surface area contributed by atoms with Crippen LogP contribution in [0.4, 0.5) is 0 Å². The lowest BCUT2D eigenvalue weighted by Gasteiger charge is -2.36. The normalized spacial score (nSPS) is 20.5. The Bertz CT molecular complexity index is 1220. The first-order valence-electron chi connectivity index (χ1n) is 14.4. The number of fused-ring (bicyclic) bond motifs is 1. The number of hydrogen-bond acceptors (Lipinski definition) is 8. The quantitative estimate of drug-likeness (QED) is 0.212. The number of aliphatic carboxylic acids is 1. The number of carbonyl (C=O) groups is 1. The van der Waals surface area contributed by atoms with E-state index in [4.69, 9.17) is 4.74 Å². The van der Waals surface area contributed by atoms with Gasteiger partial charge in [-0.05, 0) is 69.6 Å². The van der Waals surface area contributed by atoms with E-state index in [1.165, 1.54) is 0 Å². The zero-order chi connectivity index (χ0) is 29.3. The minimum absolute atomic E-state index is 0. The molecule has 2 aromatic rings. The standard InChI is InChI=1S/C31H47N3O5S.H3N/c1-6-8-17-31(7-2)22-40(37,38)28-19-24(21-32-26(30(35)36)16-12-13-18-34(3)4)27(39-5)20-25(28)29(33-31)23-14-10-9-11-15-23;/h9-11,14-15,19-20,26,29,32-33H,6-8,12-13,16-18,21-22H2,1-5H3,(H,35,36);1H3/t26-,29+,31+;/m0./s1. The number of benzene rings is 2. The van der Waals surface area contributed by atoms with E-state index < -0.39 is 27.4 Å². The second kappa shape index (κ2) is 15.7. The van der Waals surface area contributed by atoms with E-state index in [0.717, 1.165) is 44.2 Å². The number of hydrogen-bond donors (Lipinski definition) is 4. The van der Waals surface area contributed by atoms with Crippen molar-refractivity contribution in [3.05, 3.63) is 59.2 Å². The minimum Gasteiger partial charge on any atom is -0.496 e. The van der Waals surface area contributed by atoms with Gasteiger partial charge in [-0.2, -0.15) is 0 Å². The highest BCUT2D eigenvalue weighted by Gasteiger charge is 2.42. The molecule has 3 rings (SSSR count). The average Bonchev–Trinajstić information content (AvgIpc) is 3.03. The molecule has 0 spiro atoms. The lowest BCUT2D eigenvalue weighted by Crippen LogP contribution is -2.50. The summed E-state index contributed by atoms with van der Waals surface area (Å²) < 4.78 is 33.8. The third-order valence-corrected chi connectivity index (χ3v) is 9.94. The average molecular weight is 591 g/mol. The first-order valence-corrected chi connectivity index (χ1v) is 16.1. The Labute approximate surface area is 246 Å². The van der Waals surface area contributed by atoms with Crippen molar-refractivity contribution in [1.82, 2.24) is 21.7 Å². The van der Waals surface area contributed by atoms with Crippen molar-refractivity contribution in [2.45, 2.75) is 87.9 Å². The van der Waals surface area contributed by atoms with Crippen molar-refractivity contribution >= 4 is 15.8 Å². The number of nitrogens with one attached hydrogen (secondary N) is 2. The van der Waals surface area contributed by atoms with Crippen LogP contribution in [0.1, 0.15) is 81.5 Å². The van der Waals surface area contributed by atoms with Crippen LogP contribution < -0.4 is 21.5 Å². The van der Waals surface area contributed by atoms with Crippen molar-refractivity contribution in [2.24, 2.45) is 0 Å². The Balaban J connectivity index is 0.00000588. The molecule has 0 bridgehead atoms. The molecule has 41 heavy (non-hydrogen) atoms. The van der Waals surface area contributed by atoms with Crippen LogP contribution in [0.3, 0.4) is 0 Å². The fourth-order valence-electron chi connectivity index (χ4n) is 5.58. The second-order valence-electron chi connectivity index (χ2n) is 11.3. The zero-order valence-corrected chi connectivity index (χ0v) is 26.2. The molecular formula is C31H50N4O5S. The Kier molecular flexibility index (Phi) is 13.2. The number of sulfone groups is 1. The highest BCUT2D eigenvalue weighted by Crippen LogP contribution is 2.40. The molecule has 0 saturated heterocycles. The maximum atomic E-state index is 14.0. The summed E-state index contributed by atoms with van der Waals surface area (Å²) in [6.45, 7) is 5.26. The molecule has 2 aromatic carbocycles. The van der Waals surface area contributed by atoms with E-state index in [-0.39, 0.29) is 29.4 Å². The number of nitrogens with zero attached hydrogens (tertiary/aromatic N) is 1. The van der Waals surface area contributed by atoms with Crippen molar-refractivity contribution in [2.75, 3.05) is 33.5 Å². The van der Waals surface area contributed by atoms with Crippen LogP contribution in [0.2, 0.25) is 0 Å². The first-order chi connectivity index (χ1) is 19.1. The summed E-state index contributed by atoms with van der Waals surface area (Å²) in [6.07, 6.45) is 5.53. The Morgan fingerprint density at radius 1 is 1.17 bits per heavy atom. The van der Waals surface area contributed by atoms with Gasteiger partial charge in [0.15, 0.2) is 9.84 Å². The van der Waals surface area contributed by atoms with Crippen LogP contribution in [0.5, 0.6) is 5.75 Å². The maximum Gasteiger partial charge on any atom is 0.320 e. The van der Waals surface area contributed by atoms with E-state index in [1.54, 1.807) is 13.2 Å². The Morgan fingerprint density at radius 2 is 1.88 bits per heavy atom. The highest BCUT2D eigenvalue weighted by atomic mass is 32.2. The van der Waals surface area contributed by atoms with Crippen LogP contribution in [-0.4, -0.2) is 69.5 Å². The Hall–Kier alpha value is -2.50. The molecule has 0 unspecified atom stereocenters. The summed E-state index contributed by atoms with van der Waals surface area (Å²) in [5.41, 5.74) is 1.72. The van der Waals surface area contributed by atoms with Gasteiger partial charge in [-0.15, -0.1) is 0 Å². The van der Waals surface area contributed by atoms with Crippen molar-refractivity contribution in [3.63, 3.8) is 0 Å².